The molecule has 0 unspecified atom stereocenters. The van der Waals surface area contributed by atoms with E-state index in [2.05, 4.69) is 10.2 Å². The van der Waals surface area contributed by atoms with Crippen molar-refractivity contribution in [2.45, 2.75) is 37.6 Å². The number of carbonyl (C=O) groups is 1. The van der Waals surface area contributed by atoms with Crippen LogP contribution in [0.1, 0.15) is 19.8 Å². The summed E-state index contributed by atoms with van der Waals surface area (Å²) in [5.41, 5.74) is 0. The van der Waals surface area contributed by atoms with Gasteiger partial charge in [0.25, 0.3) is 0 Å². The maximum Gasteiger partial charge on any atom is 0.306 e. The fraction of sp³-hybridized carbons (Fsp3) is 0.462. The van der Waals surface area contributed by atoms with Crippen molar-refractivity contribution in [3.05, 3.63) is 18.4 Å². The molecule has 0 amide bonds. The largest absolute Gasteiger partial charge is 0.461 e. The Kier molecular flexibility index (Phi) is 3.77. The summed E-state index contributed by atoms with van der Waals surface area (Å²) in [4.78, 5) is 11.1. The second-order valence-electron chi connectivity index (χ2n) is 4.49. The number of thioether (sulfide) groups is 1. The molecular formula is C13H15N3O3S. The smallest absolute Gasteiger partial charge is 0.306 e. The quantitative estimate of drug-likeness (QED) is 0.622. The van der Waals surface area contributed by atoms with Gasteiger partial charge in [0.05, 0.1) is 6.26 Å². The lowest BCUT2D eigenvalue weighted by Crippen LogP contribution is -2.10. The summed E-state index contributed by atoms with van der Waals surface area (Å²) in [6, 6.07) is 3.69. The predicted octanol–water partition coefficient (Wildman–Crippen LogP) is 2.36. The summed E-state index contributed by atoms with van der Waals surface area (Å²) in [6.07, 6.45) is 2.91. The van der Waals surface area contributed by atoms with E-state index in [1.807, 2.05) is 23.6 Å². The molecule has 0 bridgehead atoms. The molecule has 1 aliphatic heterocycles. The van der Waals surface area contributed by atoms with Gasteiger partial charge in [-0.3, -0.25) is 9.36 Å². The molecule has 1 aliphatic rings. The average Bonchev–Trinajstić information content (AvgIpc) is 3.16. The number of ether oxygens (including phenoxy) is 1. The predicted molar refractivity (Wildman–Crippen MR) is 73.2 cm³/mol. The van der Waals surface area contributed by atoms with E-state index in [0.717, 1.165) is 23.9 Å². The van der Waals surface area contributed by atoms with Crippen molar-refractivity contribution in [1.29, 1.82) is 0 Å². The van der Waals surface area contributed by atoms with Crippen LogP contribution in [0.15, 0.2) is 28.0 Å². The molecule has 1 saturated heterocycles. The van der Waals surface area contributed by atoms with Crippen LogP contribution in [-0.2, 0) is 16.1 Å². The Morgan fingerprint density at radius 3 is 3.05 bits per heavy atom. The van der Waals surface area contributed by atoms with E-state index < -0.39 is 0 Å². The Labute approximate surface area is 120 Å². The third kappa shape index (κ3) is 2.58. The number of hydrogen-bond donors (Lipinski definition) is 0. The van der Waals surface area contributed by atoms with Crippen LogP contribution in [0, 0.1) is 0 Å². The summed E-state index contributed by atoms with van der Waals surface area (Å²) in [7, 11) is 0. The third-order valence-corrected chi connectivity index (χ3v) is 4.24. The van der Waals surface area contributed by atoms with Gasteiger partial charge in [-0.05, 0) is 25.5 Å². The van der Waals surface area contributed by atoms with Crippen molar-refractivity contribution in [3.8, 4) is 11.6 Å². The first kappa shape index (κ1) is 13.2. The summed E-state index contributed by atoms with van der Waals surface area (Å²) in [6.45, 7) is 2.80. The maximum absolute atomic E-state index is 11.1. The molecule has 2 aromatic heterocycles. The van der Waals surface area contributed by atoms with Gasteiger partial charge >= 0.3 is 5.97 Å². The minimum atomic E-state index is -0.108. The van der Waals surface area contributed by atoms with Gasteiger partial charge in [-0.2, -0.15) is 0 Å². The Morgan fingerprint density at radius 2 is 2.40 bits per heavy atom. The fourth-order valence-corrected chi connectivity index (χ4v) is 3.18. The molecule has 106 valence electrons. The van der Waals surface area contributed by atoms with Crippen LogP contribution in [0.2, 0.25) is 0 Å². The molecule has 0 radical (unpaired) electrons. The van der Waals surface area contributed by atoms with Gasteiger partial charge in [0, 0.05) is 18.7 Å². The van der Waals surface area contributed by atoms with Gasteiger partial charge in [0.15, 0.2) is 16.7 Å². The molecule has 1 atom stereocenters. The number of nitrogens with zero attached hydrogens (tertiary/aromatic N) is 3. The molecule has 0 aliphatic carbocycles. The molecule has 6 nitrogen and oxygen atoms in total. The van der Waals surface area contributed by atoms with Crippen molar-refractivity contribution in [3.63, 3.8) is 0 Å². The molecule has 3 heterocycles. The molecule has 0 spiro atoms. The van der Waals surface area contributed by atoms with E-state index in [1.54, 1.807) is 18.0 Å². The first-order chi connectivity index (χ1) is 9.78. The summed E-state index contributed by atoms with van der Waals surface area (Å²) < 4.78 is 12.6. The maximum atomic E-state index is 11.1. The molecule has 7 heteroatoms. The zero-order valence-corrected chi connectivity index (χ0v) is 11.9. The minimum absolute atomic E-state index is 0.0124. The Balaban J connectivity index is 1.72. The molecule has 0 N–H and O–H groups in total. The van der Waals surface area contributed by atoms with Crippen molar-refractivity contribution in [2.75, 3.05) is 5.75 Å². The van der Waals surface area contributed by atoms with Gasteiger partial charge < -0.3 is 9.15 Å². The average molecular weight is 293 g/mol. The lowest BCUT2D eigenvalue weighted by molar-refractivity contribution is -0.140. The van der Waals surface area contributed by atoms with E-state index >= 15 is 0 Å². The van der Waals surface area contributed by atoms with Crippen LogP contribution in [0.3, 0.4) is 0 Å². The van der Waals surface area contributed by atoms with Gasteiger partial charge in [-0.1, -0.05) is 11.8 Å². The summed E-state index contributed by atoms with van der Waals surface area (Å²) in [5, 5.41) is 9.20. The van der Waals surface area contributed by atoms with Crippen molar-refractivity contribution < 1.29 is 13.9 Å². The van der Waals surface area contributed by atoms with Crippen LogP contribution in [0.5, 0.6) is 0 Å². The highest BCUT2D eigenvalue weighted by Crippen LogP contribution is 2.27. The number of aromatic nitrogens is 3. The number of rotatable bonds is 5. The third-order valence-electron chi connectivity index (χ3n) is 3.14. The number of hydrogen-bond acceptors (Lipinski definition) is 6. The monoisotopic (exact) mass is 293 g/mol. The van der Waals surface area contributed by atoms with Crippen LogP contribution in [0.4, 0.5) is 0 Å². The molecule has 20 heavy (non-hydrogen) atoms. The topological polar surface area (TPSA) is 70.2 Å². The zero-order chi connectivity index (χ0) is 13.9. The van der Waals surface area contributed by atoms with Crippen LogP contribution < -0.4 is 0 Å². The molecule has 0 aromatic carbocycles. The number of carbonyl (C=O) groups excluding carboxylic acids is 1. The fourth-order valence-electron chi connectivity index (χ4n) is 2.14. The Bertz CT molecular complexity index is 594. The standard InChI is InChI=1S/C13H15N3O3S/c1-2-16-12(10-4-3-7-18-10)14-15-13(16)20-8-9-5-6-11(17)19-9/h3-4,7,9H,2,5-6,8H2,1H3/t9-/m1/s1. The first-order valence-electron chi connectivity index (χ1n) is 6.57. The van der Waals surface area contributed by atoms with E-state index in [0.29, 0.717) is 17.9 Å². The van der Waals surface area contributed by atoms with Gasteiger partial charge in [0.1, 0.15) is 6.10 Å². The highest BCUT2D eigenvalue weighted by molar-refractivity contribution is 7.99. The van der Waals surface area contributed by atoms with Crippen molar-refractivity contribution >= 4 is 17.7 Å². The van der Waals surface area contributed by atoms with Crippen LogP contribution in [0.25, 0.3) is 11.6 Å². The molecule has 3 rings (SSSR count). The van der Waals surface area contributed by atoms with Crippen LogP contribution >= 0.6 is 11.8 Å². The number of furan rings is 1. The lowest BCUT2D eigenvalue weighted by atomic mass is 10.3. The lowest BCUT2D eigenvalue weighted by Gasteiger charge is -2.09. The van der Waals surface area contributed by atoms with Gasteiger partial charge in [-0.15, -0.1) is 10.2 Å². The van der Waals surface area contributed by atoms with Gasteiger partial charge in [0.2, 0.25) is 0 Å². The Hall–Kier alpha value is -1.76. The molecule has 2 aromatic rings. The van der Waals surface area contributed by atoms with Crippen molar-refractivity contribution in [1.82, 2.24) is 14.8 Å². The number of cyclic esters (lactones) is 1. The summed E-state index contributed by atoms with van der Waals surface area (Å²) >= 11 is 1.56. The molecular weight excluding hydrogens is 278 g/mol. The van der Waals surface area contributed by atoms with E-state index in [-0.39, 0.29) is 12.1 Å². The second kappa shape index (κ2) is 5.70. The van der Waals surface area contributed by atoms with E-state index in [4.69, 9.17) is 9.15 Å². The number of esters is 1. The Morgan fingerprint density at radius 1 is 1.50 bits per heavy atom. The molecule has 1 fully saturated rings. The zero-order valence-electron chi connectivity index (χ0n) is 11.1. The minimum Gasteiger partial charge on any atom is -0.461 e. The molecule has 0 saturated carbocycles. The second-order valence-corrected chi connectivity index (χ2v) is 5.48. The van der Waals surface area contributed by atoms with E-state index in [1.165, 1.54) is 0 Å². The van der Waals surface area contributed by atoms with Crippen molar-refractivity contribution in [2.24, 2.45) is 0 Å². The normalized spacial score (nSPS) is 18.4. The van der Waals surface area contributed by atoms with Crippen LogP contribution in [-0.4, -0.2) is 32.6 Å². The van der Waals surface area contributed by atoms with Gasteiger partial charge in [-0.25, -0.2) is 0 Å². The highest BCUT2D eigenvalue weighted by atomic mass is 32.2. The highest BCUT2D eigenvalue weighted by Gasteiger charge is 2.24. The summed E-state index contributed by atoms with van der Waals surface area (Å²) in [5.74, 6) is 2.04. The SMILES string of the molecule is CCn1c(SC[C@H]2CCC(=O)O2)nnc1-c1ccco1. The first-order valence-corrected chi connectivity index (χ1v) is 7.56. The van der Waals surface area contributed by atoms with E-state index in [9.17, 15) is 4.79 Å².